The number of halogens is 2. The van der Waals surface area contributed by atoms with Crippen molar-refractivity contribution < 1.29 is 13.6 Å². The number of Topliss-reactive ketones (excluding diaryl/α,β-unsaturated/α-hetero) is 1. The number of rotatable bonds is 1. The molecule has 0 atom stereocenters. The highest BCUT2D eigenvalue weighted by Crippen LogP contribution is 2.25. The minimum absolute atomic E-state index is 0.180. The van der Waals surface area contributed by atoms with E-state index in [4.69, 9.17) is 0 Å². The predicted molar refractivity (Wildman–Crippen MR) is 53.0 cm³/mol. The van der Waals surface area contributed by atoms with Crippen molar-refractivity contribution in [2.45, 2.75) is 13.8 Å². The van der Waals surface area contributed by atoms with E-state index in [0.29, 0.717) is 16.6 Å². The second kappa shape index (κ2) is 3.15. The molecule has 1 aromatic heterocycles. The first-order valence-electron chi connectivity index (χ1n) is 4.49. The molecule has 0 bridgehead atoms. The second-order valence-corrected chi connectivity index (χ2v) is 3.49. The summed E-state index contributed by atoms with van der Waals surface area (Å²) in [6, 6.07) is 2.01. The van der Waals surface area contributed by atoms with Crippen LogP contribution in [0, 0.1) is 18.6 Å². The van der Waals surface area contributed by atoms with Gasteiger partial charge in [-0.3, -0.25) is 4.79 Å². The summed E-state index contributed by atoms with van der Waals surface area (Å²) in [7, 11) is 0. The lowest BCUT2D eigenvalue weighted by atomic mass is 10.1. The van der Waals surface area contributed by atoms with Gasteiger partial charge in [-0.25, -0.2) is 8.78 Å². The molecule has 4 heteroatoms. The zero-order valence-electron chi connectivity index (χ0n) is 8.32. The van der Waals surface area contributed by atoms with E-state index in [9.17, 15) is 13.6 Å². The molecule has 78 valence electrons. The number of H-pyrrole nitrogens is 1. The quantitative estimate of drug-likeness (QED) is 0.719. The zero-order chi connectivity index (χ0) is 11.2. The fourth-order valence-electron chi connectivity index (χ4n) is 1.70. The summed E-state index contributed by atoms with van der Waals surface area (Å²) in [5.74, 6) is -1.51. The van der Waals surface area contributed by atoms with Crippen LogP contribution in [0.1, 0.15) is 23.0 Å². The maximum Gasteiger partial charge on any atom is 0.176 e. The normalized spacial score (nSPS) is 10.9. The molecule has 15 heavy (non-hydrogen) atoms. The van der Waals surface area contributed by atoms with E-state index < -0.39 is 11.6 Å². The number of ketones is 1. The van der Waals surface area contributed by atoms with Gasteiger partial charge in [-0.1, -0.05) is 0 Å². The Morgan fingerprint density at radius 3 is 2.60 bits per heavy atom. The fraction of sp³-hybridized carbons (Fsp3) is 0.182. The van der Waals surface area contributed by atoms with Gasteiger partial charge >= 0.3 is 0 Å². The van der Waals surface area contributed by atoms with E-state index in [0.717, 1.165) is 6.07 Å². The molecule has 0 fully saturated rings. The molecule has 0 amide bonds. The number of fused-ring (bicyclic) bond motifs is 1. The van der Waals surface area contributed by atoms with Crippen LogP contribution in [0.5, 0.6) is 0 Å². The highest BCUT2D eigenvalue weighted by Gasteiger charge is 2.14. The van der Waals surface area contributed by atoms with E-state index in [1.807, 2.05) is 0 Å². The Kier molecular flexibility index (Phi) is 2.07. The number of aromatic nitrogens is 1. The van der Waals surface area contributed by atoms with E-state index in [1.54, 1.807) is 6.92 Å². The minimum atomic E-state index is -0.680. The summed E-state index contributed by atoms with van der Waals surface area (Å²) < 4.78 is 26.3. The van der Waals surface area contributed by atoms with Crippen molar-refractivity contribution in [2.24, 2.45) is 0 Å². The number of aryl methyl sites for hydroxylation is 1. The Morgan fingerprint density at radius 1 is 1.33 bits per heavy atom. The first-order chi connectivity index (χ1) is 7.00. The number of carbonyl (C=O) groups is 1. The van der Waals surface area contributed by atoms with Gasteiger partial charge in [0.05, 0.1) is 11.2 Å². The Labute approximate surface area is 84.9 Å². The van der Waals surface area contributed by atoms with Gasteiger partial charge in [0, 0.05) is 18.4 Å². The SMILES string of the molecule is CC(=O)c1[nH]c2c(F)cc(F)cc2c1C. The molecule has 0 saturated heterocycles. The van der Waals surface area contributed by atoms with Gasteiger partial charge in [0.1, 0.15) is 11.6 Å². The standard InChI is InChI=1S/C11H9F2NO/c1-5-8-3-7(12)4-9(13)11(8)14-10(5)6(2)15/h3-4,14H,1-2H3. The number of nitrogens with one attached hydrogen (secondary N) is 1. The van der Waals surface area contributed by atoms with Crippen LogP contribution in [0.4, 0.5) is 8.78 Å². The third-order valence-corrected chi connectivity index (χ3v) is 2.44. The first kappa shape index (κ1) is 9.83. The minimum Gasteiger partial charge on any atom is -0.350 e. The predicted octanol–water partition coefficient (Wildman–Crippen LogP) is 2.96. The molecule has 0 radical (unpaired) electrons. The van der Waals surface area contributed by atoms with Crippen molar-refractivity contribution in [1.82, 2.24) is 4.98 Å². The Hall–Kier alpha value is -1.71. The number of hydrogen-bond donors (Lipinski definition) is 1. The maximum atomic E-state index is 13.3. The fourth-order valence-corrected chi connectivity index (χ4v) is 1.70. The van der Waals surface area contributed by atoms with Crippen molar-refractivity contribution >= 4 is 16.7 Å². The van der Waals surface area contributed by atoms with Crippen LogP contribution in [0.3, 0.4) is 0 Å². The molecule has 0 aliphatic heterocycles. The van der Waals surface area contributed by atoms with Gasteiger partial charge in [0.15, 0.2) is 5.78 Å². The van der Waals surface area contributed by atoms with Gasteiger partial charge in [0.2, 0.25) is 0 Å². The van der Waals surface area contributed by atoms with Crippen molar-refractivity contribution in [3.8, 4) is 0 Å². The van der Waals surface area contributed by atoms with Gasteiger partial charge in [-0.15, -0.1) is 0 Å². The zero-order valence-corrected chi connectivity index (χ0v) is 8.32. The molecule has 2 nitrogen and oxygen atoms in total. The van der Waals surface area contributed by atoms with Crippen LogP contribution in [-0.2, 0) is 0 Å². The van der Waals surface area contributed by atoms with E-state index in [-0.39, 0.29) is 11.3 Å². The van der Waals surface area contributed by atoms with Crippen LogP contribution in [0.2, 0.25) is 0 Å². The molecule has 1 N–H and O–H groups in total. The molecule has 0 unspecified atom stereocenters. The molecular formula is C11H9F2NO. The Bertz CT molecular complexity index is 557. The van der Waals surface area contributed by atoms with Crippen molar-refractivity contribution in [2.75, 3.05) is 0 Å². The summed E-state index contributed by atoms with van der Waals surface area (Å²) in [6.45, 7) is 3.04. The lowest BCUT2D eigenvalue weighted by molar-refractivity contribution is 0.101. The average molecular weight is 209 g/mol. The van der Waals surface area contributed by atoms with Gasteiger partial charge in [0.25, 0.3) is 0 Å². The van der Waals surface area contributed by atoms with Crippen molar-refractivity contribution in [3.05, 3.63) is 35.0 Å². The van der Waals surface area contributed by atoms with Crippen LogP contribution in [0.25, 0.3) is 10.9 Å². The highest BCUT2D eigenvalue weighted by atomic mass is 19.1. The van der Waals surface area contributed by atoms with Crippen LogP contribution in [0.15, 0.2) is 12.1 Å². The molecule has 2 rings (SSSR count). The molecule has 2 aromatic rings. The summed E-state index contributed by atoms with van der Waals surface area (Å²) >= 11 is 0. The van der Waals surface area contributed by atoms with Crippen LogP contribution in [-0.4, -0.2) is 10.8 Å². The number of aromatic amines is 1. The topological polar surface area (TPSA) is 32.9 Å². The maximum absolute atomic E-state index is 13.3. The van der Waals surface area contributed by atoms with Gasteiger partial charge in [-0.05, 0) is 18.6 Å². The monoisotopic (exact) mass is 209 g/mol. The molecule has 0 aliphatic carbocycles. The molecule has 0 spiro atoms. The lowest BCUT2D eigenvalue weighted by Gasteiger charge is -1.94. The average Bonchev–Trinajstić information content (AvgIpc) is 2.44. The Balaban J connectivity index is 2.88. The van der Waals surface area contributed by atoms with Crippen LogP contribution < -0.4 is 0 Å². The summed E-state index contributed by atoms with van der Waals surface area (Å²) in [5, 5.41) is 0.415. The molecule has 0 aliphatic rings. The molecule has 0 saturated carbocycles. The van der Waals surface area contributed by atoms with Crippen LogP contribution >= 0.6 is 0 Å². The van der Waals surface area contributed by atoms with E-state index in [1.165, 1.54) is 13.0 Å². The lowest BCUT2D eigenvalue weighted by Crippen LogP contribution is -1.93. The molecule has 1 aromatic carbocycles. The first-order valence-corrected chi connectivity index (χ1v) is 4.49. The summed E-state index contributed by atoms with van der Waals surface area (Å²) in [4.78, 5) is 13.9. The second-order valence-electron chi connectivity index (χ2n) is 3.49. The molecule has 1 heterocycles. The van der Waals surface area contributed by atoms with E-state index in [2.05, 4.69) is 4.98 Å². The third-order valence-electron chi connectivity index (χ3n) is 2.44. The number of hydrogen-bond acceptors (Lipinski definition) is 1. The smallest absolute Gasteiger partial charge is 0.176 e. The van der Waals surface area contributed by atoms with Gasteiger partial charge in [-0.2, -0.15) is 0 Å². The highest BCUT2D eigenvalue weighted by molar-refractivity contribution is 6.00. The summed E-state index contributed by atoms with van der Waals surface area (Å²) in [6.07, 6.45) is 0. The molecular weight excluding hydrogens is 200 g/mol. The van der Waals surface area contributed by atoms with Crippen molar-refractivity contribution in [1.29, 1.82) is 0 Å². The number of carbonyl (C=O) groups excluding carboxylic acids is 1. The summed E-state index contributed by atoms with van der Waals surface area (Å²) in [5.41, 5.74) is 1.09. The van der Waals surface area contributed by atoms with Crippen molar-refractivity contribution in [3.63, 3.8) is 0 Å². The largest absolute Gasteiger partial charge is 0.350 e. The van der Waals surface area contributed by atoms with Gasteiger partial charge < -0.3 is 4.98 Å². The Morgan fingerprint density at radius 2 is 2.00 bits per heavy atom. The number of benzene rings is 1. The van der Waals surface area contributed by atoms with E-state index >= 15 is 0 Å². The third kappa shape index (κ3) is 1.42.